The Balaban J connectivity index is 1.71. The Hall–Kier alpha value is -2.12. The second kappa shape index (κ2) is 7.63. The summed E-state index contributed by atoms with van der Waals surface area (Å²) in [6.07, 6.45) is 2.28. The van der Waals surface area contributed by atoms with E-state index < -0.39 is 15.8 Å². The first-order valence-electron chi connectivity index (χ1n) is 8.56. The minimum absolute atomic E-state index is 0.0737. The first-order valence-corrected chi connectivity index (χ1v) is 10.0. The molecule has 0 unspecified atom stereocenters. The fourth-order valence-electron chi connectivity index (χ4n) is 3.21. The van der Waals surface area contributed by atoms with E-state index in [-0.39, 0.29) is 4.90 Å². The second-order valence-corrected chi connectivity index (χ2v) is 8.14. The fourth-order valence-corrected chi connectivity index (χ4v) is 4.50. The number of nitrogens with zero attached hydrogens (tertiary/aromatic N) is 1. The molecule has 0 saturated carbocycles. The molecule has 0 aliphatic carbocycles. The lowest BCUT2D eigenvalue weighted by atomic mass is 10.1. The lowest BCUT2D eigenvalue weighted by Gasteiger charge is -2.33. The molecule has 0 aromatic heterocycles. The summed E-state index contributed by atoms with van der Waals surface area (Å²) in [6, 6.07) is 10.9. The molecule has 0 bridgehead atoms. The van der Waals surface area contributed by atoms with Gasteiger partial charge in [-0.05, 0) is 67.8 Å². The summed E-state index contributed by atoms with van der Waals surface area (Å²) in [6.45, 7) is 3.40. The quantitative estimate of drug-likeness (QED) is 0.864. The first kappa shape index (κ1) is 18.7. The molecule has 1 aliphatic heterocycles. The smallest absolute Gasteiger partial charge is 0.262 e. The molecule has 0 atom stereocenters. The Kier molecular flexibility index (Phi) is 5.48. The molecule has 0 amide bonds. The van der Waals surface area contributed by atoms with Crippen LogP contribution in [-0.4, -0.2) is 34.7 Å². The summed E-state index contributed by atoms with van der Waals surface area (Å²) in [5.74, 6) is -0.456. The standard InChI is InChI=1S/C19H23FN2O3S/c1-14-13-15(20)3-8-19(14)26(23,24)21-16-4-6-17(7-5-16)22-11-9-18(25-2)10-12-22/h3-8,13,18,21H,9-12H2,1-2H3. The number of halogens is 1. The Bertz CT molecular complexity index is 861. The lowest BCUT2D eigenvalue weighted by molar-refractivity contribution is 0.0819. The van der Waals surface area contributed by atoms with Crippen molar-refractivity contribution < 1.29 is 17.5 Å². The van der Waals surface area contributed by atoms with Crippen LogP contribution >= 0.6 is 0 Å². The van der Waals surface area contributed by atoms with Crippen molar-refractivity contribution in [2.45, 2.75) is 30.8 Å². The molecule has 1 fully saturated rings. The van der Waals surface area contributed by atoms with Gasteiger partial charge in [-0.15, -0.1) is 0 Å². The van der Waals surface area contributed by atoms with Gasteiger partial charge in [0, 0.05) is 31.6 Å². The lowest BCUT2D eigenvalue weighted by Crippen LogP contribution is -2.36. The molecule has 1 N–H and O–H groups in total. The fraction of sp³-hybridized carbons (Fsp3) is 0.368. The zero-order valence-electron chi connectivity index (χ0n) is 14.9. The molecule has 0 spiro atoms. The number of rotatable bonds is 5. The van der Waals surface area contributed by atoms with Gasteiger partial charge < -0.3 is 9.64 Å². The number of hydrogen-bond acceptors (Lipinski definition) is 4. The molecule has 7 heteroatoms. The van der Waals surface area contributed by atoms with E-state index in [4.69, 9.17) is 4.74 Å². The van der Waals surface area contributed by atoms with E-state index >= 15 is 0 Å². The Labute approximate surface area is 153 Å². The number of methoxy groups -OCH3 is 1. The monoisotopic (exact) mass is 378 g/mol. The summed E-state index contributed by atoms with van der Waals surface area (Å²) in [5.41, 5.74) is 1.90. The zero-order valence-corrected chi connectivity index (χ0v) is 15.7. The molecule has 1 saturated heterocycles. The summed E-state index contributed by atoms with van der Waals surface area (Å²) >= 11 is 0. The van der Waals surface area contributed by atoms with Crippen LogP contribution in [0.3, 0.4) is 0 Å². The van der Waals surface area contributed by atoms with Gasteiger partial charge in [-0.2, -0.15) is 0 Å². The van der Waals surface area contributed by atoms with Crippen molar-refractivity contribution in [3.63, 3.8) is 0 Å². The molecule has 26 heavy (non-hydrogen) atoms. The summed E-state index contributed by atoms with van der Waals surface area (Å²) in [7, 11) is -2.02. The maximum atomic E-state index is 13.2. The number of hydrogen-bond donors (Lipinski definition) is 1. The van der Waals surface area contributed by atoms with E-state index in [9.17, 15) is 12.8 Å². The number of nitrogens with one attached hydrogen (secondary N) is 1. The van der Waals surface area contributed by atoms with E-state index in [2.05, 4.69) is 9.62 Å². The van der Waals surface area contributed by atoms with Gasteiger partial charge in [0.15, 0.2) is 0 Å². The average Bonchev–Trinajstić information content (AvgIpc) is 2.62. The number of benzene rings is 2. The SMILES string of the molecule is COC1CCN(c2ccc(NS(=O)(=O)c3ccc(F)cc3C)cc2)CC1. The largest absolute Gasteiger partial charge is 0.381 e. The van der Waals surface area contributed by atoms with Crippen LogP contribution in [0.15, 0.2) is 47.4 Å². The molecule has 0 radical (unpaired) electrons. The van der Waals surface area contributed by atoms with Crippen molar-refractivity contribution in [1.82, 2.24) is 0 Å². The molecule has 2 aromatic carbocycles. The molecule has 2 aromatic rings. The highest BCUT2D eigenvalue weighted by Crippen LogP contribution is 2.25. The number of aryl methyl sites for hydroxylation is 1. The van der Waals surface area contributed by atoms with Crippen molar-refractivity contribution >= 4 is 21.4 Å². The topological polar surface area (TPSA) is 58.6 Å². The van der Waals surface area contributed by atoms with Crippen molar-refractivity contribution in [2.75, 3.05) is 29.8 Å². The second-order valence-electron chi connectivity index (χ2n) is 6.48. The summed E-state index contributed by atoms with van der Waals surface area (Å²) < 4.78 is 46.2. The van der Waals surface area contributed by atoms with Crippen molar-refractivity contribution in [1.29, 1.82) is 0 Å². The maximum Gasteiger partial charge on any atom is 0.262 e. The Morgan fingerprint density at radius 1 is 1.12 bits per heavy atom. The van der Waals surface area contributed by atoms with E-state index in [1.54, 1.807) is 26.2 Å². The molecular weight excluding hydrogens is 355 g/mol. The van der Waals surface area contributed by atoms with Gasteiger partial charge in [0.2, 0.25) is 0 Å². The molecule has 140 valence electrons. The van der Waals surface area contributed by atoms with Crippen LogP contribution in [0.2, 0.25) is 0 Å². The number of sulfonamides is 1. The van der Waals surface area contributed by atoms with Crippen molar-refractivity contribution in [2.24, 2.45) is 0 Å². The van der Waals surface area contributed by atoms with Crippen LogP contribution in [0.1, 0.15) is 18.4 Å². The third-order valence-corrected chi connectivity index (χ3v) is 6.23. The van der Waals surface area contributed by atoms with Crippen LogP contribution in [0.5, 0.6) is 0 Å². The molecule has 5 nitrogen and oxygen atoms in total. The van der Waals surface area contributed by atoms with Gasteiger partial charge in [0.05, 0.1) is 11.0 Å². The van der Waals surface area contributed by atoms with Crippen LogP contribution in [0, 0.1) is 12.7 Å². The van der Waals surface area contributed by atoms with Crippen molar-refractivity contribution in [3.8, 4) is 0 Å². The number of piperidine rings is 1. The number of ether oxygens (including phenoxy) is 1. The van der Waals surface area contributed by atoms with E-state index in [0.717, 1.165) is 37.7 Å². The van der Waals surface area contributed by atoms with Crippen LogP contribution in [0.25, 0.3) is 0 Å². The van der Waals surface area contributed by atoms with Gasteiger partial charge in [-0.3, -0.25) is 4.72 Å². The Morgan fingerprint density at radius 2 is 1.77 bits per heavy atom. The minimum Gasteiger partial charge on any atom is -0.381 e. The minimum atomic E-state index is -3.76. The third kappa shape index (κ3) is 4.16. The summed E-state index contributed by atoms with van der Waals surface area (Å²) in [4.78, 5) is 2.34. The molecule has 3 rings (SSSR count). The van der Waals surface area contributed by atoms with Gasteiger partial charge in [0.1, 0.15) is 5.82 Å². The third-order valence-electron chi connectivity index (χ3n) is 4.69. The molecule has 1 aliphatic rings. The van der Waals surface area contributed by atoms with Crippen LogP contribution in [0.4, 0.5) is 15.8 Å². The van der Waals surface area contributed by atoms with E-state index in [0.29, 0.717) is 17.4 Å². The molecule has 1 heterocycles. The number of anilines is 2. The average molecular weight is 378 g/mol. The van der Waals surface area contributed by atoms with Gasteiger partial charge in [-0.1, -0.05) is 0 Å². The molecular formula is C19H23FN2O3S. The predicted molar refractivity (Wildman–Crippen MR) is 101 cm³/mol. The van der Waals surface area contributed by atoms with Gasteiger partial charge >= 0.3 is 0 Å². The van der Waals surface area contributed by atoms with Gasteiger partial charge in [-0.25, -0.2) is 12.8 Å². The summed E-state index contributed by atoms with van der Waals surface area (Å²) in [5, 5.41) is 0. The van der Waals surface area contributed by atoms with Crippen molar-refractivity contribution in [3.05, 3.63) is 53.8 Å². The van der Waals surface area contributed by atoms with E-state index in [1.165, 1.54) is 12.1 Å². The first-order chi connectivity index (χ1) is 12.4. The van der Waals surface area contributed by atoms with Crippen LogP contribution < -0.4 is 9.62 Å². The Morgan fingerprint density at radius 3 is 2.35 bits per heavy atom. The normalized spacial score (nSPS) is 15.9. The van der Waals surface area contributed by atoms with Gasteiger partial charge in [0.25, 0.3) is 10.0 Å². The highest BCUT2D eigenvalue weighted by Gasteiger charge is 2.20. The van der Waals surface area contributed by atoms with E-state index in [1.807, 2.05) is 12.1 Å². The predicted octanol–water partition coefficient (Wildman–Crippen LogP) is 3.55. The highest BCUT2D eigenvalue weighted by atomic mass is 32.2. The maximum absolute atomic E-state index is 13.2. The highest BCUT2D eigenvalue weighted by molar-refractivity contribution is 7.92. The zero-order chi connectivity index (χ0) is 18.7. The van der Waals surface area contributed by atoms with Crippen LogP contribution in [-0.2, 0) is 14.8 Å².